The monoisotopic (exact) mass is 297 g/mol. The van der Waals surface area contributed by atoms with Gasteiger partial charge in [0.15, 0.2) is 0 Å². The quantitative estimate of drug-likeness (QED) is 0.745. The third-order valence-corrected chi connectivity index (χ3v) is 3.09. The van der Waals surface area contributed by atoms with Gasteiger partial charge in [0, 0.05) is 22.0 Å². The van der Waals surface area contributed by atoms with Crippen LogP contribution in [0.25, 0.3) is 0 Å². The first-order valence-electron chi connectivity index (χ1n) is 4.99. The molecule has 1 aliphatic rings. The van der Waals surface area contributed by atoms with E-state index in [9.17, 15) is 13.2 Å². The van der Waals surface area contributed by atoms with Crippen molar-refractivity contribution in [1.82, 2.24) is 0 Å². The lowest BCUT2D eigenvalue weighted by Gasteiger charge is -2.29. The summed E-state index contributed by atoms with van der Waals surface area (Å²) < 4.78 is 39.8. The topological polar surface area (TPSA) is 21.6 Å². The number of hydrogen-bond acceptors (Lipinski definition) is 2. The van der Waals surface area contributed by atoms with Crippen LogP contribution in [0.15, 0.2) is 23.4 Å². The van der Waals surface area contributed by atoms with Gasteiger partial charge in [-0.05, 0) is 25.1 Å². The van der Waals surface area contributed by atoms with E-state index in [0.717, 1.165) is 0 Å². The first kappa shape index (κ1) is 13.5. The smallest absolute Gasteiger partial charge is 0.374 e. The van der Waals surface area contributed by atoms with Crippen molar-refractivity contribution in [3.8, 4) is 0 Å². The SMILES string of the molecule is CC1=NOC(c2cc(Cl)cc(Cl)c2)(C(F)(F)F)C1. The van der Waals surface area contributed by atoms with E-state index in [0.29, 0.717) is 0 Å². The molecule has 0 fully saturated rings. The first-order valence-corrected chi connectivity index (χ1v) is 5.75. The lowest BCUT2D eigenvalue weighted by Crippen LogP contribution is -2.42. The Kier molecular flexibility index (Phi) is 3.23. The highest BCUT2D eigenvalue weighted by Crippen LogP contribution is 2.48. The maximum absolute atomic E-state index is 13.3. The summed E-state index contributed by atoms with van der Waals surface area (Å²) in [5, 5.41) is 3.64. The number of oxime groups is 1. The molecule has 1 unspecified atom stereocenters. The molecule has 2 rings (SSSR count). The molecule has 1 aliphatic heterocycles. The predicted molar refractivity (Wildman–Crippen MR) is 63.0 cm³/mol. The molecule has 1 heterocycles. The molecule has 1 aromatic carbocycles. The van der Waals surface area contributed by atoms with Crippen molar-refractivity contribution in [1.29, 1.82) is 0 Å². The molecule has 7 heteroatoms. The van der Waals surface area contributed by atoms with Gasteiger partial charge in [-0.25, -0.2) is 0 Å². The Labute approximate surface area is 111 Å². The van der Waals surface area contributed by atoms with Crippen LogP contribution in [0.5, 0.6) is 0 Å². The summed E-state index contributed by atoms with van der Waals surface area (Å²) in [6.45, 7) is 1.47. The molecule has 0 amide bonds. The summed E-state index contributed by atoms with van der Waals surface area (Å²) in [5.41, 5.74) is -2.37. The highest BCUT2D eigenvalue weighted by molar-refractivity contribution is 6.34. The van der Waals surface area contributed by atoms with Gasteiger partial charge < -0.3 is 4.84 Å². The van der Waals surface area contributed by atoms with Crippen LogP contribution in [0.4, 0.5) is 13.2 Å². The molecule has 1 atom stereocenters. The lowest BCUT2D eigenvalue weighted by atomic mass is 9.88. The van der Waals surface area contributed by atoms with Gasteiger partial charge in [0.2, 0.25) is 0 Å². The molecule has 0 spiro atoms. The van der Waals surface area contributed by atoms with Crippen molar-refractivity contribution in [2.75, 3.05) is 0 Å². The van der Waals surface area contributed by atoms with Crippen molar-refractivity contribution >= 4 is 28.9 Å². The largest absolute Gasteiger partial charge is 0.435 e. The summed E-state index contributed by atoms with van der Waals surface area (Å²) in [5.74, 6) is 0. The van der Waals surface area contributed by atoms with Crippen molar-refractivity contribution < 1.29 is 18.0 Å². The number of hydrogen-bond donors (Lipinski definition) is 0. The van der Waals surface area contributed by atoms with E-state index in [1.165, 1.54) is 25.1 Å². The van der Waals surface area contributed by atoms with E-state index in [1.807, 2.05) is 0 Å². The van der Waals surface area contributed by atoms with E-state index in [-0.39, 0.29) is 27.7 Å². The molecule has 0 aromatic heterocycles. The van der Waals surface area contributed by atoms with Crippen LogP contribution in [0.2, 0.25) is 10.0 Å². The zero-order valence-electron chi connectivity index (χ0n) is 9.18. The summed E-state index contributed by atoms with van der Waals surface area (Å²) in [7, 11) is 0. The van der Waals surface area contributed by atoms with E-state index in [4.69, 9.17) is 23.2 Å². The molecule has 2 nitrogen and oxygen atoms in total. The highest BCUT2D eigenvalue weighted by atomic mass is 35.5. The second-order valence-corrected chi connectivity index (χ2v) is 4.95. The fourth-order valence-electron chi connectivity index (χ4n) is 1.84. The summed E-state index contributed by atoms with van der Waals surface area (Å²) in [6, 6.07) is 3.74. The molecule has 0 saturated carbocycles. The van der Waals surface area contributed by atoms with Gasteiger partial charge in [-0.15, -0.1) is 0 Å². The molecule has 0 bridgehead atoms. The Bertz CT molecular complexity index is 495. The van der Waals surface area contributed by atoms with Gasteiger partial charge in [-0.3, -0.25) is 0 Å². The van der Waals surface area contributed by atoms with Crippen LogP contribution in [-0.2, 0) is 10.4 Å². The van der Waals surface area contributed by atoms with Gasteiger partial charge in [0.1, 0.15) is 0 Å². The summed E-state index contributed by atoms with van der Waals surface area (Å²) in [6.07, 6.45) is -4.98. The fourth-order valence-corrected chi connectivity index (χ4v) is 2.36. The van der Waals surface area contributed by atoms with Crippen molar-refractivity contribution in [2.24, 2.45) is 5.16 Å². The second kappa shape index (κ2) is 4.31. The van der Waals surface area contributed by atoms with E-state index in [1.54, 1.807) is 0 Å². The fraction of sp³-hybridized carbons (Fsp3) is 0.364. The van der Waals surface area contributed by atoms with E-state index in [2.05, 4.69) is 9.99 Å². The zero-order chi connectivity index (χ0) is 13.6. The summed E-state index contributed by atoms with van der Waals surface area (Å²) in [4.78, 5) is 4.66. The second-order valence-electron chi connectivity index (χ2n) is 4.08. The Morgan fingerprint density at radius 2 is 1.78 bits per heavy atom. The Balaban J connectivity index is 2.55. The van der Waals surface area contributed by atoms with Crippen LogP contribution < -0.4 is 0 Å². The average Bonchev–Trinajstić information content (AvgIpc) is 2.59. The predicted octanol–water partition coefficient (Wildman–Crippen LogP) is 4.55. The highest BCUT2D eigenvalue weighted by Gasteiger charge is 2.61. The number of alkyl halides is 3. The van der Waals surface area contributed by atoms with Crippen LogP contribution in [0, 0.1) is 0 Å². The van der Waals surface area contributed by atoms with E-state index >= 15 is 0 Å². The Hall–Kier alpha value is -0.940. The molecule has 0 saturated heterocycles. The Morgan fingerprint density at radius 1 is 1.22 bits per heavy atom. The van der Waals surface area contributed by atoms with Crippen LogP contribution >= 0.6 is 23.2 Å². The van der Waals surface area contributed by atoms with Gasteiger partial charge in [-0.2, -0.15) is 13.2 Å². The number of benzene rings is 1. The zero-order valence-corrected chi connectivity index (χ0v) is 10.7. The lowest BCUT2D eigenvalue weighted by molar-refractivity contribution is -0.275. The molecule has 0 aliphatic carbocycles. The molecular weight excluding hydrogens is 290 g/mol. The molecular formula is C11H8Cl2F3NO. The minimum atomic E-state index is -4.61. The van der Waals surface area contributed by atoms with Crippen LogP contribution in [0.1, 0.15) is 18.9 Å². The number of halogens is 5. The minimum absolute atomic E-state index is 0.120. The van der Waals surface area contributed by atoms with Crippen LogP contribution in [-0.4, -0.2) is 11.9 Å². The first-order chi connectivity index (χ1) is 8.24. The summed E-state index contributed by atoms with van der Waals surface area (Å²) >= 11 is 11.5. The maximum atomic E-state index is 13.3. The van der Waals surface area contributed by atoms with Gasteiger partial charge in [0.05, 0.1) is 5.71 Å². The molecule has 18 heavy (non-hydrogen) atoms. The van der Waals surface area contributed by atoms with Crippen molar-refractivity contribution in [2.45, 2.75) is 25.1 Å². The minimum Gasteiger partial charge on any atom is -0.374 e. The van der Waals surface area contributed by atoms with Gasteiger partial charge >= 0.3 is 6.18 Å². The molecule has 0 radical (unpaired) electrons. The number of rotatable bonds is 1. The maximum Gasteiger partial charge on any atom is 0.435 e. The van der Waals surface area contributed by atoms with Crippen LogP contribution in [0.3, 0.4) is 0 Å². The van der Waals surface area contributed by atoms with Crippen molar-refractivity contribution in [3.05, 3.63) is 33.8 Å². The standard InChI is InChI=1S/C11H8Cl2F3NO/c1-6-5-10(18-17-6,11(14,15)16)7-2-8(12)4-9(13)3-7/h2-4H,5H2,1H3. The number of nitrogens with zero attached hydrogens (tertiary/aromatic N) is 1. The Morgan fingerprint density at radius 3 is 2.17 bits per heavy atom. The average molecular weight is 298 g/mol. The third kappa shape index (κ3) is 2.17. The van der Waals surface area contributed by atoms with Gasteiger partial charge in [0.25, 0.3) is 5.60 Å². The molecule has 0 N–H and O–H groups in total. The molecule has 98 valence electrons. The third-order valence-electron chi connectivity index (χ3n) is 2.65. The van der Waals surface area contributed by atoms with Crippen molar-refractivity contribution in [3.63, 3.8) is 0 Å². The van der Waals surface area contributed by atoms with E-state index < -0.39 is 11.8 Å². The molecule has 1 aromatic rings. The van der Waals surface area contributed by atoms with Gasteiger partial charge in [-0.1, -0.05) is 28.4 Å². The normalized spacial score (nSPS) is 23.8.